The SMILES string of the molecule is C=CC(=O)N1CCC[C@@H](NC(=O)C2=C3NC(=O)N(c4ccc(N)cc4)C4CCNC(S2)C34)C1. The van der Waals surface area contributed by atoms with E-state index < -0.39 is 0 Å². The standard InChI is InChI=1S/C23H28N6O3S/c1-2-17(30)28-11-3-4-14(12-28)26-21(31)20-19-18-16(9-10-25-22(18)33-20)29(23(32)27-19)15-7-5-13(24)6-8-15/h2,5-8,14,16,18,22,25H,1,3-4,9-12,24H2,(H,26,31)(H,27,32)/t14-,16?,18?,22?/m1/s1. The molecule has 4 amide bonds. The third-order valence-electron chi connectivity index (χ3n) is 6.76. The van der Waals surface area contributed by atoms with E-state index in [0.29, 0.717) is 29.4 Å². The topological polar surface area (TPSA) is 120 Å². The average molecular weight is 469 g/mol. The van der Waals surface area contributed by atoms with E-state index in [0.717, 1.165) is 31.5 Å². The predicted octanol–water partition coefficient (Wildman–Crippen LogP) is 1.35. The van der Waals surface area contributed by atoms with E-state index in [1.165, 1.54) is 17.8 Å². The molecule has 0 spiro atoms. The molecule has 4 atom stereocenters. The van der Waals surface area contributed by atoms with Crippen LogP contribution < -0.4 is 26.6 Å². The van der Waals surface area contributed by atoms with Crippen LogP contribution in [0.2, 0.25) is 0 Å². The molecular formula is C23H28N6O3S. The smallest absolute Gasteiger partial charge is 0.326 e. The lowest BCUT2D eigenvalue weighted by Gasteiger charge is -2.45. The van der Waals surface area contributed by atoms with Crippen LogP contribution in [-0.2, 0) is 9.59 Å². The highest BCUT2D eigenvalue weighted by molar-refractivity contribution is 8.04. The summed E-state index contributed by atoms with van der Waals surface area (Å²) in [5.41, 5.74) is 7.97. The first-order chi connectivity index (χ1) is 16.0. The Morgan fingerprint density at radius 3 is 2.79 bits per heavy atom. The number of nitrogens with zero attached hydrogens (tertiary/aromatic N) is 2. The number of thioether (sulfide) groups is 1. The van der Waals surface area contributed by atoms with Gasteiger partial charge < -0.3 is 26.6 Å². The number of hydrogen-bond donors (Lipinski definition) is 4. The molecule has 0 bridgehead atoms. The summed E-state index contributed by atoms with van der Waals surface area (Å²) >= 11 is 1.48. The van der Waals surface area contributed by atoms with Gasteiger partial charge in [-0.2, -0.15) is 0 Å². The summed E-state index contributed by atoms with van der Waals surface area (Å²) in [6.07, 6.45) is 3.73. The highest BCUT2D eigenvalue weighted by atomic mass is 32.2. The molecule has 5 N–H and O–H groups in total. The van der Waals surface area contributed by atoms with E-state index in [1.807, 2.05) is 12.1 Å². The number of piperidine rings is 2. The second-order valence-corrected chi connectivity index (χ2v) is 9.96. The van der Waals surface area contributed by atoms with Crippen molar-refractivity contribution in [2.45, 2.75) is 36.7 Å². The molecule has 1 aromatic rings. The normalized spacial score (nSPS) is 28.8. The Kier molecular flexibility index (Phi) is 5.79. The Balaban J connectivity index is 1.37. The first-order valence-electron chi connectivity index (χ1n) is 11.3. The summed E-state index contributed by atoms with van der Waals surface area (Å²) in [5.74, 6) is -0.319. The Morgan fingerprint density at radius 1 is 1.24 bits per heavy atom. The van der Waals surface area contributed by atoms with Crippen molar-refractivity contribution < 1.29 is 14.4 Å². The molecule has 1 aromatic carbocycles. The summed E-state index contributed by atoms with van der Waals surface area (Å²) < 4.78 is 0. The minimum Gasteiger partial charge on any atom is -0.399 e. The van der Waals surface area contributed by atoms with Crippen LogP contribution in [0.5, 0.6) is 0 Å². The minimum absolute atomic E-state index is 0.00930. The quantitative estimate of drug-likeness (QED) is 0.391. The average Bonchev–Trinajstić information content (AvgIpc) is 3.19. The van der Waals surface area contributed by atoms with Gasteiger partial charge in [-0.15, -0.1) is 0 Å². The van der Waals surface area contributed by atoms with E-state index >= 15 is 0 Å². The number of nitrogen functional groups attached to an aromatic ring is 1. The molecule has 0 saturated carbocycles. The molecule has 4 heterocycles. The second-order valence-electron chi connectivity index (χ2n) is 8.81. The number of carbonyl (C=O) groups is 3. The van der Waals surface area contributed by atoms with Crippen molar-refractivity contribution in [1.82, 2.24) is 20.9 Å². The minimum atomic E-state index is -0.232. The third-order valence-corrected chi connectivity index (χ3v) is 8.12. The van der Waals surface area contributed by atoms with E-state index in [9.17, 15) is 14.4 Å². The van der Waals surface area contributed by atoms with Gasteiger partial charge in [0.2, 0.25) is 5.91 Å². The van der Waals surface area contributed by atoms with Gasteiger partial charge in [-0.3, -0.25) is 14.5 Å². The fraction of sp³-hybridized carbons (Fsp3) is 0.435. The highest BCUT2D eigenvalue weighted by Gasteiger charge is 2.51. The molecule has 5 rings (SSSR count). The zero-order valence-electron chi connectivity index (χ0n) is 18.3. The number of anilines is 2. The summed E-state index contributed by atoms with van der Waals surface area (Å²) in [6, 6.07) is 6.90. The Labute approximate surface area is 196 Å². The highest BCUT2D eigenvalue weighted by Crippen LogP contribution is 2.47. The lowest BCUT2D eigenvalue weighted by Crippen LogP contribution is -2.62. The maximum atomic E-state index is 13.3. The molecule has 0 aliphatic carbocycles. The lowest BCUT2D eigenvalue weighted by atomic mass is 9.86. The first kappa shape index (κ1) is 21.8. The third kappa shape index (κ3) is 3.97. The zero-order chi connectivity index (χ0) is 23.1. The largest absolute Gasteiger partial charge is 0.399 e. The fourth-order valence-electron chi connectivity index (χ4n) is 5.23. The van der Waals surface area contributed by atoms with E-state index in [1.54, 1.807) is 21.9 Å². The molecule has 174 valence electrons. The van der Waals surface area contributed by atoms with Crippen molar-refractivity contribution in [2.24, 2.45) is 5.92 Å². The van der Waals surface area contributed by atoms with Crippen molar-refractivity contribution in [3.63, 3.8) is 0 Å². The van der Waals surface area contributed by atoms with E-state index in [-0.39, 0.29) is 41.2 Å². The molecule has 10 heteroatoms. The summed E-state index contributed by atoms with van der Waals surface area (Å²) in [7, 11) is 0. The van der Waals surface area contributed by atoms with Crippen LogP contribution in [0.15, 0.2) is 47.5 Å². The van der Waals surface area contributed by atoms with Gasteiger partial charge >= 0.3 is 6.03 Å². The Bertz CT molecular complexity index is 1030. The molecule has 0 radical (unpaired) electrons. The van der Waals surface area contributed by atoms with Crippen LogP contribution >= 0.6 is 11.8 Å². The summed E-state index contributed by atoms with van der Waals surface area (Å²) in [6.45, 7) is 5.46. The molecule has 3 saturated heterocycles. The maximum Gasteiger partial charge on any atom is 0.326 e. The molecule has 9 nitrogen and oxygen atoms in total. The molecule has 4 aliphatic rings. The second kappa shape index (κ2) is 8.75. The van der Waals surface area contributed by atoms with Gasteiger partial charge in [-0.05, 0) is 56.1 Å². The van der Waals surface area contributed by atoms with Crippen molar-refractivity contribution >= 4 is 41.0 Å². The number of rotatable bonds is 4. The maximum absolute atomic E-state index is 13.3. The fourth-order valence-corrected chi connectivity index (χ4v) is 6.63. The van der Waals surface area contributed by atoms with Crippen LogP contribution in [0.4, 0.5) is 16.2 Å². The van der Waals surface area contributed by atoms with E-state index in [2.05, 4.69) is 22.5 Å². The molecule has 33 heavy (non-hydrogen) atoms. The van der Waals surface area contributed by atoms with Crippen LogP contribution in [0.25, 0.3) is 0 Å². The number of amides is 4. The first-order valence-corrected chi connectivity index (χ1v) is 12.2. The van der Waals surface area contributed by atoms with Crippen LogP contribution in [-0.4, -0.2) is 59.8 Å². The van der Waals surface area contributed by atoms with Crippen molar-refractivity contribution in [2.75, 3.05) is 30.3 Å². The number of nitrogens with one attached hydrogen (secondary N) is 3. The van der Waals surface area contributed by atoms with Gasteiger partial charge in [0.15, 0.2) is 0 Å². The van der Waals surface area contributed by atoms with Crippen molar-refractivity contribution in [3.8, 4) is 0 Å². The van der Waals surface area contributed by atoms with Gasteiger partial charge in [-0.25, -0.2) is 4.79 Å². The number of benzene rings is 1. The van der Waals surface area contributed by atoms with Gasteiger partial charge in [0.1, 0.15) is 0 Å². The number of likely N-dealkylation sites (tertiary alicyclic amines) is 1. The molecule has 3 fully saturated rings. The van der Waals surface area contributed by atoms with Crippen LogP contribution in [0, 0.1) is 5.92 Å². The summed E-state index contributed by atoms with van der Waals surface area (Å²) in [4.78, 5) is 42.5. The molecule has 4 aliphatic heterocycles. The molecule has 3 unspecified atom stereocenters. The zero-order valence-corrected chi connectivity index (χ0v) is 19.1. The Hall–Kier alpha value is -2.98. The van der Waals surface area contributed by atoms with Gasteiger partial charge in [0.05, 0.1) is 16.3 Å². The van der Waals surface area contributed by atoms with E-state index in [4.69, 9.17) is 5.73 Å². The van der Waals surface area contributed by atoms with Gasteiger partial charge in [-0.1, -0.05) is 18.3 Å². The Morgan fingerprint density at radius 2 is 2.03 bits per heavy atom. The predicted molar refractivity (Wildman–Crippen MR) is 128 cm³/mol. The molecular weight excluding hydrogens is 440 g/mol. The monoisotopic (exact) mass is 468 g/mol. The van der Waals surface area contributed by atoms with Crippen molar-refractivity contribution in [3.05, 3.63) is 47.5 Å². The number of carbonyl (C=O) groups excluding carboxylic acids is 3. The molecule has 0 aromatic heterocycles. The lowest BCUT2D eigenvalue weighted by molar-refractivity contribution is -0.128. The van der Waals surface area contributed by atoms with Gasteiger partial charge in [0.25, 0.3) is 5.91 Å². The number of urea groups is 1. The van der Waals surface area contributed by atoms with Crippen molar-refractivity contribution in [1.29, 1.82) is 0 Å². The van der Waals surface area contributed by atoms with Gasteiger partial charge in [0, 0.05) is 42.1 Å². The van der Waals surface area contributed by atoms with Crippen LogP contribution in [0.3, 0.4) is 0 Å². The van der Waals surface area contributed by atoms with Crippen LogP contribution in [0.1, 0.15) is 19.3 Å². The summed E-state index contributed by atoms with van der Waals surface area (Å²) in [5, 5.41) is 9.62. The number of nitrogens with two attached hydrogens (primary N) is 1. The number of hydrogen-bond acceptors (Lipinski definition) is 6.